The third-order valence-corrected chi connectivity index (χ3v) is 4.15. The molecule has 0 atom stereocenters. The maximum absolute atomic E-state index is 12.3. The number of imidazole rings is 1. The van der Waals surface area contributed by atoms with Gasteiger partial charge in [-0.25, -0.2) is 9.97 Å². The third-order valence-electron chi connectivity index (χ3n) is 4.15. The summed E-state index contributed by atoms with van der Waals surface area (Å²) in [4.78, 5) is 33.1. The largest absolute Gasteiger partial charge is 0.344 e. The lowest BCUT2D eigenvalue weighted by atomic mass is 10.2. The molecule has 0 radical (unpaired) electrons. The molecular formula is C20H16N4O2. The van der Waals surface area contributed by atoms with Crippen LogP contribution in [0.4, 0.5) is 0 Å². The van der Waals surface area contributed by atoms with Gasteiger partial charge in [0, 0.05) is 5.39 Å². The minimum Gasteiger partial charge on any atom is -0.344 e. The number of nitrogens with one attached hydrogen (secondary N) is 1. The molecule has 2 aromatic carbocycles. The summed E-state index contributed by atoms with van der Waals surface area (Å²) >= 11 is 0. The highest BCUT2D eigenvalue weighted by atomic mass is 16.2. The number of rotatable bonds is 5. The van der Waals surface area contributed by atoms with Gasteiger partial charge in [-0.1, -0.05) is 36.4 Å². The molecule has 0 bridgehead atoms. The van der Waals surface area contributed by atoms with E-state index in [0.717, 1.165) is 21.9 Å². The molecule has 6 heteroatoms. The van der Waals surface area contributed by atoms with E-state index in [0.29, 0.717) is 5.69 Å². The number of nitrogens with zero attached hydrogens (tertiary/aromatic N) is 3. The van der Waals surface area contributed by atoms with Crippen molar-refractivity contribution < 1.29 is 9.59 Å². The molecule has 1 N–H and O–H groups in total. The molecule has 2 heterocycles. The van der Waals surface area contributed by atoms with Crippen molar-refractivity contribution in [1.29, 1.82) is 0 Å². The quantitative estimate of drug-likeness (QED) is 0.604. The Morgan fingerprint density at radius 2 is 1.69 bits per heavy atom. The predicted octanol–water partition coefficient (Wildman–Crippen LogP) is 2.58. The summed E-state index contributed by atoms with van der Waals surface area (Å²) in [7, 11) is 0. The Labute approximate surface area is 149 Å². The Kier molecular flexibility index (Phi) is 4.15. The highest BCUT2D eigenvalue weighted by molar-refractivity contribution is 5.97. The summed E-state index contributed by atoms with van der Waals surface area (Å²) in [5, 5.41) is 3.60. The monoisotopic (exact) mass is 344 g/mol. The minimum absolute atomic E-state index is 0.0557. The van der Waals surface area contributed by atoms with Crippen molar-refractivity contribution in [3.05, 3.63) is 72.7 Å². The number of pyridine rings is 1. The Morgan fingerprint density at radius 3 is 2.58 bits per heavy atom. The first kappa shape index (κ1) is 16.0. The van der Waals surface area contributed by atoms with Crippen molar-refractivity contribution in [3.8, 4) is 0 Å². The Bertz CT molecular complexity index is 1120. The summed E-state index contributed by atoms with van der Waals surface area (Å²) in [5.74, 6) is -0.470. The molecule has 0 fully saturated rings. The zero-order valence-electron chi connectivity index (χ0n) is 13.9. The van der Waals surface area contributed by atoms with Crippen LogP contribution < -0.4 is 5.32 Å². The second kappa shape index (κ2) is 6.76. The van der Waals surface area contributed by atoms with Crippen molar-refractivity contribution in [2.24, 2.45) is 0 Å². The van der Waals surface area contributed by atoms with Gasteiger partial charge in [0.25, 0.3) is 5.91 Å². The van der Waals surface area contributed by atoms with Crippen LogP contribution in [-0.2, 0) is 11.3 Å². The fraction of sp³-hybridized carbons (Fsp3) is 0.100. The molecule has 0 spiro atoms. The molecule has 2 aromatic heterocycles. The van der Waals surface area contributed by atoms with Crippen molar-refractivity contribution in [1.82, 2.24) is 19.9 Å². The molecule has 4 rings (SSSR count). The lowest BCUT2D eigenvalue weighted by Crippen LogP contribution is -2.31. The summed E-state index contributed by atoms with van der Waals surface area (Å²) in [5.41, 5.74) is 2.77. The number of ketones is 1. The average molecular weight is 344 g/mol. The molecule has 0 saturated heterocycles. The Morgan fingerprint density at radius 1 is 0.923 bits per heavy atom. The molecule has 128 valence electrons. The van der Waals surface area contributed by atoms with Crippen LogP contribution in [0, 0.1) is 0 Å². The summed E-state index contributed by atoms with van der Waals surface area (Å²) in [6.07, 6.45) is 1.63. The van der Waals surface area contributed by atoms with Gasteiger partial charge in [-0.3, -0.25) is 9.59 Å². The molecule has 0 aliphatic rings. The van der Waals surface area contributed by atoms with E-state index in [2.05, 4.69) is 15.3 Å². The first-order valence-corrected chi connectivity index (χ1v) is 8.26. The summed E-state index contributed by atoms with van der Waals surface area (Å²) in [6, 6.07) is 18.7. The molecule has 0 unspecified atom stereocenters. The van der Waals surface area contributed by atoms with E-state index in [1.165, 1.54) is 0 Å². The van der Waals surface area contributed by atoms with Crippen LogP contribution in [0.15, 0.2) is 67.0 Å². The van der Waals surface area contributed by atoms with Crippen molar-refractivity contribution in [3.63, 3.8) is 0 Å². The maximum atomic E-state index is 12.3. The van der Waals surface area contributed by atoms with E-state index in [4.69, 9.17) is 0 Å². The van der Waals surface area contributed by atoms with Gasteiger partial charge in [0.05, 0.1) is 36.0 Å². The van der Waals surface area contributed by atoms with Gasteiger partial charge in [-0.2, -0.15) is 0 Å². The molecule has 0 aliphatic heterocycles. The van der Waals surface area contributed by atoms with E-state index < -0.39 is 0 Å². The smallest absolute Gasteiger partial charge is 0.270 e. The zero-order chi connectivity index (χ0) is 17.9. The minimum atomic E-state index is -0.361. The Balaban J connectivity index is 1.41. The molecule has 0 saturated carbocycles. The maximum Gasteiger partial charge on any atom is 0.270 e. The van der Waals surface area contributed by atoms with Crippen LogP contribution >= 0.6 is 0 Å². The molecular weight excluding hydrogens is 328 g/mol. The van der Waals surface area contributed by atoms with Crippen LogP contribution in [0.2, 0.25) is 0 Å². The van der Waals surface area contributed by atoms with Gasteiger partial charge in [0.1, 0.15) is 5.69 Å². The number of fused-ring (bicyclic) bond motifs is 2. The van der Waals surface area contributed by atoms with E-state index in [9.17, 15) is 9.59 Å². The third kappa shape index (κ3) is 3.17. The van der Waals surface area contributed by atoms with Crippen LogP contribution in [0.1, 0.15) is 10.5 Å². The fourth-order valence-electron chi connectivity index (χ4n) is 2.84. The normalized spacial score (nSPS) is 10.9. The molecule has 6 nitrogen and oxygen atoms in total. The highest BCUT2D eigenvalue weighted by Crippen LogP contribution is 2.12. The van der Waals surface area contributed by atoms with Gasteiger partial charge in [0.15, 0.2) is 5.78 Å². The van der Waals surface area contributed by atoms with Crippen molar-refractivity contribution >= 4 is 33.6 Å². The van der Waals surface area contributed by atoms with Crippen molar-refractivity contribution in [2.45, 2.75) is 6.54 Å². The number of para-hydroxylation sites is 3. The summed E-state index contributed by atoms with van der Waals surface area (Å²) < 4.78 is 1.78. The second-order valence-corrected chi connectivity index (χ2v) is 5.97. The lowest BCUT2D eigenvalue weighted by molar-refractivity contribution is -0.118. The predicted molar refractivity (Wildman–Crippen MR) is 98.8 cm³/mol. The number of amides is 1. The highest BCUT2D eigenvalue weighted by Gasteiger charge is 2.11. The summed E-state index contributed by atoms with van der Waals surface area (Å²) in [6.45, 7) is 0.103. The zero-order valence-corrected chi connectivity index (χ0v) is 13.9. The van der Waals surface area contributed by atoms with E-state index in [1.54, 1.807) is 17.0 Å². The molecule has 0 aliphatic carbocycles. The van der Waals surface area contributed by atoms with E-state index in [1.807, 2.05) is 54.6 Å². The number of Topliss-reactive ketones (excluding diaryl/α,β-unsaturated/α-hetero) is 1. The van der Waals surface area contributed by atoms with Gasteiger partial charge in [0.2, 0.25) is 0 Å². The van der Waals surface area contributed by atoms with Gasteiger partial charge in [-0.05, 0) is 24.3 Å². The molecule has 26 heavy (non-hydrogen) atoms. The topological polar surface area (TPSA) is 76.9 Å². The van der Waals surface area contributed by atoms with Gasteiger partial charge in [-0.15, -0.1) is 0 Å². The second-order valence-electron chi connectivity index (χ2n) is 5.97. The Hall–Kier alpha value is -3.54. The fourth-order valence-corrected chi connectivity index (χ4v) is 2.84. The molecule has 4 aromatic rings. The van der Waals surface area contributed by atoms with Crippen molar-refractivity contribution in [2.75, 3.05) is 6.54 Å². The number of aromatic nitrogens is 3. The SMILES string of the molecule is O=C(CNC(=O)c1ccc2ccccc2n1)Cn1cnc2ccccc21. The standard InChI is InChI=1S/C20H16N4O2/c25-15(12-24-13-22-17-7-3-4-8-19(17)24)11-21-20(26)18-10-9-14-5-1-2-6-16(14)23-18/h1-10,13H,11-12H2,(H,21,26). The van der Waals surface area contributed by atoms with E-state index >= 15 is 0 Å². The van der Waals surface area contributed by atoms with Crippen LogP contribution in [-0.4, -0.2) is 32.8 Å². The molecule has 1 amide bonds. The number of carbonyl (C=O) groups is 2. The number of hydrogen-bond donors (Lipinski definition) is 1. The van der Waals surface area contributed by atoms with E-state index in [-0.39, 0.29) is 24.8 Å². The first-order valence-electron chi connectivity index (χ1n) is 8.26. The van der Waals surface area contributed by atoms with Crippen LogP contribution in [0.5, 0.6) is 0 Å². The number of benzene rings is 2. The van der Waals surface area contributed by atoms with Gasteiger partial charge < -0.3 is 9.88 Å². The number of hydrogen-bond acceptors (Lipinski definition) is 4. The first-order chi connectivity index (χ1) is 12.7. The van der Waals surface area contributed by atoms with Gasteiger partial charge >= 0.3 is 0 Å². The lowest BCUT2D eigenvalue weighted by Gasteiger charge is -2.06. The van der Waals surface area contributed by atoms with Crippen LogP contribution in [0.25, 0.3) is 21.9 Å². The average Bonchev–Trinajstić information content (AvgIpc) is 3.08. The van der Waals surface area contributed by atoms with Crippen LogP contribution in [0.3, 0.4) is 0 Å². The number of carbonyl (C=O) groups excluding carboxylic acids is 2.